The Morgan fingerprint density at radius 3 is 1.79 bits per heavy atom. The minimum absolute atomic E-state index is 0.374. The van der Waals surface area contributed by atoms with Gasteiger partial charge in [-0.05, 0) is 44.6 Å². The van der Waals surface area contributed by atoms with Crippen molar-refractivity contribution in [3.63, 3.8) is 0 Å². The molecular formula is C23H39NO5. The van der Waals surface area contributed by atoms with Crippen LogP contribution in [0.25, 0.3) is 0 Å². The Morgan fingerprint density at radius 1 is 0.793 bits per heavy atom. The van der Waals surface area contributed by atoms with Crippen molar-refractivity contribution in [3.8, 4) is 17.2 Å². The van der Waals surface area contributed by atoms with Gasteiger partial charge in [-0.25, -0.2) is 4.79 Å². The van der Waals surface area contributed by atoms with Crippen LogP contribution < -0.4 is 14.2 Å². The van der Waals surface area contributed by atoms with Crippen LogP contribution in [0.1, 0.15) is 69.2 Å². The van der Waals surface area contributed by atoms with E-state index in [2.05, 4.69) is 18.7 Å². The summed E-state index contributed by atoms with van der Waals surface area (Å²) in [5, 5.41) is 0. The van der Waals surface area contributed by atoms with Gasteiger partial charge in [0.1, 0.15) is 0 Å². The first-order valence-corrected chi connectivity index (χ1v) is 10.8. The second kappa shape index (κ2) is 15.0. The zero-order valence-corrected chi connectivity index (χ0v) is 18.9. The number of esters is 1. The van der Waals surface area contributed by atoms with Crippen LogP contribution in [0.5, 0.6) is 17.2 Å². The van der Waals surface area contributed by atoms with Crippen molar-refractivity contribution in [1.82, 2.24) is 4.90 Å². The monoisotopic (exact) mass is 409 g/mol. The van der Waals surface area contributed by atoms with Gasteiger partial charge in [0.25, 0.3) is 0 Å². The van der Waals surface area contributed by atoms with E-state index in [4.69, 9.17) is 18.9 Å². The lowest BCUT2D eigenvalue weighted by atomic mass is 10.1. The van der Waals surface area contributed by atoms with E-state index in [1.165, 1.54) is 60.0 Å². The molecule has 0 spiro atoms. The second-order valence-corrected chi connectivity index (χ2v) is 7.05. The number of hydrogen-bond donors (Lipinski definition) is 0. The fourth-order valence-electron chi connectivity index (χ4n) is 3.31. The maximum absolute atomic E-state index is 12.3. The topological polar surface area (TPSA) is 57.2 Å². The summed E-state index contributed by atoms with van der Waals surface area (Å²) in [6.07, 6.45) is 8.27. The molecule has 0 N–H and O–H groups in total. The van der Waals surface area contributed by atoms with Crippen molar-refractivity contribution in [2.45, 2.75) is 58.8 Å². The zero-order chi connectivity index (χ0) is 21.5. The van der Waals surface area contributed by atoms with E-state index in [1.54, 1.807) is 12.1 Å². The fraction of sp³-hybridized carbons (Fsp3) is 0.696. The minimum atomic E-state index is -0.374. The van der Waals surface area contributed by atoms with Gasteiger partial charge in [0.15, 0.2) is 11.5 Å². The van der Waals surface area contributed by atoms with Crippen LogP contribution in [-0.4, -0.2) is 58.4 Å². The smallest absolute Gasteiger partial charge is 0.338 e. The summed E-state index contributed by atoms with van der Waals surface area (Å²) in [5.41, 5.74) is 0.396. The molecule has 0 heterocycles. The molecule has 0 aromatic heterocycles. The number of carbonyl (C=O) groups excluding carboxylic acids is 1. The molecule has 0 atom stereocenters. The third-order valence-electron chi connectivity index (χ3n) is 5.15. The molecular weight excluding hydrogens is 370 g/mol. The van der Waals surface area contributed by atoms with Gasteiger partial charge in [-0.15, -0.1) is 0 Å². The van der Waals surface area contributed by atoms with Gasteiger partial charge < -0.3 is 23.8 Å². The molecule has 0 bridgehead atoms. The molecule has 0 fully saturated rings. The van der Waals surface area contributed by atoms with Crippen molar-refractivity contribution in [3.05, 3.63) is 17.7 Å². The Bertz CT molecular complexity index is 562. The van der Waals surface area contributed by atoms with E-state index in [0.29, 0.717) is 29.4 Å². The van der Waals surface area contributed by atoms with Gasteiger partial charge in [-0.1, -0.05) is 46.0 Å². The molecule has 0 radical (unpaired) electrons. The second-order valence-electron chi connectivity index (χ2n) is 7.05. The SMILES string of the molecule is CCN(CC)CCCCCCCCCOC(=O)c1cc(OC)c(OC)c(OC)c1. The molecule has 6 heteroatoms. The van der Waals surface area contributed by atoms with E-state index in [0.717, 1.165) is 25.9 Å². The Morgan fingerprint density at radius 2 is 1.31 bits per heavy atom. The fourth-order valence-corrected chi connectivity index (χ4v) is 3.31. The van der Waals surface area contributed by atoms with E-state index in [1.807, 2.05) is 0 Å². The van der Waals surface area contributed by atoms with Gasteiger partial charge in [0.2, 0.25) is 5.75 Å². The highest BCUT2D eigenvalue weighted by molar-refractivity contribution is 5.91. The number of ether oxygens (including phenoxy) is 4. The minimum Gasteiger partial charge on any atom is -0.493 e. The Balaban J connectivity index is 2.23. The molecule has 1 aromatic carbocycles. The highest BCUT2D eigenvalue weighted by Crippen LogP contribution is 2.38. The van der Waals surface area contributed by atoms with Crippen molar-refractivity contribution < 1.29 is 23.7 Å². The number of benzene rings is 1. The molecule has 0 aliphatic carbocycles. The molecule has 0 saturated heterocycles. The molecule has 0 aliphatic heterocycles. The van der Waals surface area contributed by atoms with Crippen molar-refractivity contribution in [2.24, 2.45) is 0 Å². The Hall–Kier alpha value is -1.95. The molecule has 29 heavy (non-hydrogen) atoms. The van der Waals surface area contributed by atoms with E-state index < -0.39 is 0 Å². The number of unbranched alkanes of at least 4 members (excludes halogenated alkanes) is 6. The van der Waals surface area contributed by atoms with Gasteiger partial charge in [-0.2, -0.15) is 0 Å². The van der Waals surface area contributed by atoms with E-state index in [-0.39, 0.29) is 5.97 Å². The normalized spacial score (nSPS) is 10.8. The van der Waals surface area contributed by atoms with E-state index >= 15 is 0 Å². The Labute approximate surface area is 176 Å². The molecule has 0 unspecified atom stereocenters. The van der Waals surface area contributed by atoms with Gasteiger partial charge in [0, 0.05) is 0 Å². The summed E-state index contributed by atoms with van der Waals surface area (Å²) in [5.74, 6) is 0.976. The predicted molar refractivity (Wildman–Crippen MR) is 116 cm³/mol. The summed E-state index contributed by atoms with van der Waals surface area (Å²) >= 11 is 0. The van der Waals surface area contributed by atoms with Crippen LogP contribution in [0.2, 0.25) is 0 Å². The van der Waals surface area contributed by atoms with Crippen LogP contribution in [0.3, 0.4) is 0 Å². The first-order valence-electron chi connectivity index (χ1n) is 10.8. The maximum atomic E-state index is 12.3. The first kappa shape index (κ1) is 25.1. The highest BCUT2D eigenvalue weighted by atomic mass is 16.5. The molecule has 0 amide bonds. The Kier molecular flexibility index (Phi) is 12.9. The molecule has 1 rings (SSSR count). The van der Waals surface area contributed by atoms with Gasteiger partial charge >= 0.3 is 5.97 Å². The van der Waals surface area contributed by atoms with Crippen molar-refractivity contribution >= 4 is 5.97 Å². The largest absolute Gasteiger partial charge is 0.493 e. The average molecular weight is 410 g/mol. The lowest BCUT2D eigenvalue weighted by Gasteiger charge is -2.17. The lowest BCUT2D eigenvalue weighted by molar-refractivity contribution is 0.0496. The maximum Gasteiger partial charge on any atom is 0.338 e. The zero-order valence-electron chi connectivity index (χ0n) is 18.9. The summed E-state index contributed by atoms with van der Waals surface area (Å²) in [6, 6.07) is 3.23. The van der Waals surface area contributed by atoms with Gasteiger partial charge in [-0.3, -0.25) is 0 Å². The van der Waals surface area contributed by atoms with Gasteiger partial charge in [0.05, 0.1) is 33.5 Å². The highest BCUT2D eigenvalue weighted by Gasteiger charge is 2.17. The standard InChI is InChI=1S/C23H39NO5/c1-6-24(7-2)15-13-11-9-8-10-12-14-16-29-23(25)19-17-20(26-3)22(28-5)21(18-19)27-4/h17-18H,6-16H2,1-5H3. The van der Waals surface area contributed by atoms with Crippen molar-refractivity contribution in [2.75, 3.05) is 47.6 Å². The van der Waals surface area contributed by atoms with Crippen LogP contribution in [-0.2, 0) is 4.74 Å². The molecule has 0 aliphatic rings. The third-order valence-corrected chi connectivity index (χ3v) is 5.15. The average Bonchev–Trinajstić information content (AvgIpc) is 2.76. The molecule has 166 valence electrons. The summed E-state index contributed by atoms with van der Waals surface area (Å²) in [4.78, 5) is 14.8. The van der Waals surface area contributed by atoms with Crippen LogP contribution in [0, 0.1) is 0 Å². The molecule has 1 aromatic rings. The van der Waals surface area contributed by atoms with Crippen LogP contribution >= 0.6 is 0 Å². The van der Waals surface area contributed by atoms with Crippen LogP contribution in [0.15, 0.2) is 12.1 Å². The number of nitrogens with zero attached hydrogens (tertiary/aromatic N) is 1. The molecule has 6 nitrogen and oxygen atoms in total. The summed E-state index contributed by atoms with van der Waals surface area (Å²) in [6.45, 7) is 8.37. The third kappa shape index (κ3) is 8.94. The summed E-state index contributed by atoms with van der Waals surface area (Å²) in [7, 11) is 4.58. The number of carbonyl (C=O) groups is 1. The molecule has 0 saturated carbocycles. The van der Waals surface area contributed by atoms with Crippen molar-refractivity contribution in [1.29, 1.82) is 0 Å². The quantitative estimate of drug-likeness (QED) is 0.285. The number of methoxy groups -OCH3 is 3. The summed E-state index contributed by atoms with van der Waals surface area (Å²) < 4.78 is 21.2. The van der Waals surface area contributed by atoms with E-state index in [9.17, 15) is 4.79 Å². The number of hydrogen-bond acceptors (Lipinski definition) is 6. The first-order chi connectivity index (χ1) is 14.1. The number of rotatable bonds is 16. The van der Waals surface area contributed by atoms with Crippen LogP contribution in [0.4, 0.5) is 0 Å². The predicted octanol–water partition coefficient (Wildman–Crippen LogP) is 4.94. The lowest BCUT2D eigenvalue weighted by Crippen LogP contribution is -2.23.